The zero-order valence-corrected chi connectivity index (χ0v) is 9.38. The number of aryl methyl sites for hydroxylation is 1. The first-order chi connectivity index (χ1) is 6.99. The molecule has 0 amide bonds. The Kier molecular flexibility index (Phi) is 2.47. The molecule has 1 fully saturated rings. The van der Waals surface area contributed by atoms with E-state index in [0.717, 1.165) is 0 Å². The molecule has 2 heterocycles. The van der Waals surface area contributed by atoms with Crippen molar-refractivity contribution in [1.29, 1.82) is 0 Å². The summed E-state index contributed by atoms with van der Waals surface area (Å²) < 4.78 is 0. The van der Waals surface area contributed by atoms with E-state index in [1.807, 2.05) is 13.8 Å². The molecular weight excluding hydrogens is 194 g/mol. The summed E-state index contributed by atoms with van der Waals surface area (Å²) in [5.74, 6) is 1.01. The first-order valence-corrected chi connectivity index (χ1v) is 5.17. The second-order valence-corrected chi connectivity index (χ2v) is 4.60. The summed E-state index contributed by atoms with van der Waals surface area (Å²) >= 11 is 0. The fourth-order valence-electron chi connectivity index (χ4n) is 1.79. The third kappa shape index (κ3) is 2.00. The van der Waals surface area contributed by atoms with Crippen LogP contribution in [0.3, 0.4) is 0 Å². The molecule has 0 spiro atoms. The topological polar surface area (TPSA) is 67.1 Å². The minimum atomic E-state index is -0.526. The maximum absolute atomic E-state index is 10.0. The van der Waals surface area contributed by atoms with E-state index in [1.165, 1.54) is 4.80 Å². The molecule has 15 heavy (non-hydrogen) atoms. The van der Waals surface area contributed by atoms with Gasteiger partial charge in [0, 0.05) is 13.1 Å². The van der Waals surface area contributed by atoms with Gasteiger partial charge in [-0.2, -0.15) is 4.80 Å². The normalized spacial score (nSPS) is 20.6. The number of hydrogen-bond donors (Lipinski definition) is 1. The highest BCUT2D eigenvalue weighted by atomic mass is 16.3. The molecule has 0 atom stereocenters. The van der Waals surface area contributed by atoms with E-state index in [0.29, 0.717) is 31.4 Å². The van der Waals surface area contributed by atoms with E-state index in [-0.39, 0.29) is 0 Å². The van der Waals surface area contributed by atoms with Crippen molar-refractivity contribution in [2.24, 2.45) is 13.0 Å². The SMILES string of the molecule is CC(C)C1(O)CN(Cc2nnn(C)n2)C1. The van der Waals surface area contributed by atoms with Crippen molar-refractivity contribution < 1.29 is 5.11 Å². The Morgan fingerprint density at radius 1 is 1.47 bits per heavy atom. The highest BCUT2D eigenvalue weighted by molar-refractivity contribution is 4.98. The van der Waals surface area contributed by atoms with Gasteiger partial charge in [0.25, 0.3) is 0 Å². The third-order valence-corrected chi connectivity index (χ3v) is 2.98. The maximum atomic E-state index is 10.0. The van der Waals surface area contributed by atoms with Gasteiger partial charge in [0.1, 0.15) is 0 Å². The number of β-amino-alcohol motifs (C(OH)–C–C–N with tert-alkyl or cyclic N) is 1. The van der Waals surface area contributed by atoms with Crippen molar-refractivity contribution in [2.75, 3.05) is 13.1 Å². The Morgan fingerprint density at radius 3 is 2.60 bits per heavy atom. The van der Waals surface area contributed by atoms with Gasteiger partial charge in [0.2, 0.25) is 0 Å². The van der Waals surface area contributed by atoms with Crippen LogP contribution >= 0.6 is 0 Å². The fourth-order valence-corrected chi connectivity index (χ4v) is 1.79. The van der Waals surface area contributed by atoms with E-state index >= 15 is 0 Å². The molecule has 0 unspecified atom stereocenters. The fraction of sp³-hybridized carbons (Fsp3) is 0.889. The number of hydrogen-bond acceptors (Lipinski definition) is 5. The largest absolute Gasteiger partial charge is 0.387 e. The molecule has 1 aliphatic heterocycles. The molecule has 0 radical (unpaired) electrons. The summed E-state index contributed by atoms with van der Waals surface area (Å²) in [5, 5.41) is 21.8. The van der Waals surface area contributed by atoms with Gasteiger partial charge >= 0.3 is 0 Å². The summed E-state index contributed by atoms with van der Waals surface area (Å²) in [6.45, 7) is 6.14. The summed E-state index contributed by atoms with van der Waals surface area (Å²) in [5.41, 5.74) is -0.526. The average molecular weight is 211 g/mol. The Balaban J connectivity index is 1.86. The molecule has 1 N–H and O–H groups in total. The summed E-state index contributed by atoms with van der Waals surface area (Å²) in [4.78, 5) is 3.57. The highest BCUT2D eigenvalue weighted by Crippen LogP contribution is 2.28. The van der Waals surface area contributed by atoms with Crippen molar-refractivity contribution in [1.82, 2.24) is 25.1 Å². The first kappa shape index (κ1) is 10.5. The van der Waals surface area contributed by atoms with Crippen molar-refractivity contribution in [3.63, 3.8) is 0 Å². The zero-order chi connectivity index (χ0) is 11.1. The van der Waals surface area contributed by atoms with E-state index in [4.69, 9.17) is 0 Å². The van der Waals surface area contributed by atoms with Crippen LogP contribution in [-0.4, -0.2) is 48.9 Å². The van der Waals surface area contributed by atoms with Crippen LogP contribution in [0.5, 0.6) is 0 Å². The third-order valence-electron chi connectivity index (χ3n) is 2.98. The summed E-state index contributed by atoms with van der Waals surface area (Å²) in [7, 11) is 1.75. The van der Waals surface area contributed by atoms with Crippen LogP contribution in [-0.2, 0) is 13.6 Å². The molecule has 84 valence electrons. The van der Waals surface area contributed by atoms with Gasteiger partial charge in [-0.1, -0.05) is 13.8 Å². The predicted molar refractivity (Wildman–Crippen MR) is 53.9 cm³/mol. The Bertz CT molecular complexity index is 342. The second kappa shape index (κ2) is 3.53. The lowest BCUT2D eigenvalue weighted by atomic mass is 9.83. The lowest BCUT2D eigenvalue weighted by molar-refractivity contribution is -0.131. The van der Waals surface area contributed by atoms with E-state index < -0.39 is 5.60 Å². The maximum Gasteiger partial charge on any atom is 0.188 e. The van der Waals surface area contributed by atoms with Gasteiger partial charge in [0.05, 0.1) is 19.2 Å². The van der Waals surface area contributed by atoms with Crippen molar-refractivity contribution >= 4 is 0 Å². The molecule has 0 aliphatic carbocycles. The van der Waals surface area contributed by atoms with Crippen molar-refractivity contribution in [3.8, 4) is 0 Å². The lowest BCUT2D eigenvalue weighted by Gasteiger charge is -2.48. The van der Waals surface area contributed by atoms with Gasteiger partial charge in [-0.3, -0.25) is 4.90 Å². The van der Waals surface area contributed by atoms with Gasteiger partial charge in [-0.25, -0.2) is 0 Å². The Hall–Kier alpha value is -1.01. The van der Waals surface area contributed by atoms with Crippen LogP contribution in [0.15, 0.2) is 0 Å². The first-order valence-electron chi connectivity index (χ1n) is 5.17. The van der Waals surface area contributed by atoms with Crippen LogP contribution in [0, 0.1) is 5.92 Å². The minimum absolute atomic E-state index is 0.295. The van der Waals surface area contributed by atoms with Gasteiger partial charge in [-0.05, 0) is 11.1 Å². The van der Waals surface area contributed by atoms with Gasteiger partial charge in [-0.15, -0.1) is 10.2 Å². The van der Waals surface area contributed by atoms with Crippen LogP contribution in [0.4, 0.5) is 0 Å². The van der Waals surface area contributed by atoms with E-state index in [2.05, 4.69) is 20.3 Å². The highest BCUT2D eigenvalue weighted by Gasteiger charge is 2.43. The molecule has 2 rings (SSSR count). The van der Waals surface area contributed by atoms with Gasteiger partial charge < -0.3 is 5.11 Å². The number of aliphatic hydroxyl groups is 1. The van der Waals surface area contributed by atoms with Crippen molar-refractivity contribution in [2.45, 2.75) is 26.0 Å². The number of likely N-dealkylation sites (tertiary alicyclic amines) is 1. The molecule has 6 nitrogen and oxygen atoms in total. The molecule has 6 heteroatoms. The quantitative estimate of drug-likeness (QED) is 0.724. The summed E-state index contributed by atoms with van der Waals surface area (Å²) in [6, 6.07) is 0. The lowest BCUT2D eigenvalue weighted by Crippen LogP contribution is -2.63. The number of nitrogens with zero attached hydrogens (tertiary/aromatic N) is 5. The van der Waals surface area contributed by atoms with Crippen LogP contribution < -0.4 is 0 Å². The summed E-state index contributed by atoms with van der Waals surface area (Å²) in [6.07, 6.45) is 0. The van der Waals surface area contributed by atoms with Gasteiger partial charge in [0.15, 0.2) is 5.82 Å². The second-order valence-electron chi connectivity index (χ2n) is 4.60. The Morgan fingerprint density at radius 2 is 2.13 bits per heavy atom. The van der Waals surface area contributed by atoms with Crippen LogP contribution in [0.25, 0.3) is 0 Å². The molecule has 1 aromatic rings. The standard InChI is InChI=1S/C9H17N5O/c1-7(2)9(15)5-14(6-9)4-8-10-12-13(3)11-8/h7,15H,4-6H2,1-3H3. The minimum Gasteiger partial charge on any atom is -0.387 e. The molecule has 0 aromatic carbocycles. The predicted octanol–water partition coefficient (Wildman–Crippen LogP) is -0.587. The number of aromatic nitrogens is 4. The monoisotopic (exact) mass is 211 g/mol. The van der Waals surface area contributed by atoms with E-state index in [1.54, 1.807) is 7.05 Å². The number of tetrazole rings is 1. The molecule has 1 aliphatic rings. The Labute approximate surface area is 88.9 Å². The van der Waals surface area contributed by atoms with Crippen molar-refractivity contribution in [3.05, 3.63) is 5.82 Å². The average Bonchev–Trinajstić information content (AvgIpc) is 2.48. The molecule has 1 saturated heterocycles. The van der Waals surface area contributed by atoms with E-state index in [9.17, 15) is 5.11 Å². The molecule has 1 aromatic heterocycles. The molecule has 0 saturated carbocycles. The zero-order valence-electron chi connectivity index (χ0n) is 9.38. The molecular formula is C9H17N5O. The number of rotatable bonds is 3. The van der Waals surface area contributed by atoms with Crippen LogP contribution in [0.2, 0.25) is 0 Å². The smallest absolute Gasteiger partial charge is 0.188 e. The molecule has 0 bridgehead atoms. The van der Waals surface area contributed by atoms with Crippen LogP contribution in [0.1, 0.15) is 19.7 Å².